The molecular weight excluding hydrogens is 415 g/mol. The summed E-state index contributed by atoms with van der Waals surface area (Å²) in [6.45, 7) is 25.0. The van der Waals surface area contributed by atoms with Gasteiger partial charge in [-0.2, -0.15) is 0 Å². The minimum atomic E-state index is -5.43. The molecule has 2 rings (SSSR count). The van der Waals surface area contributed by atoms with Crippen LogP contribution in [0.25, 0.3) is 0 Å². The Hall–Kier alpha value is -1.25. The number of hydrogen-bond donors (Lipinski definition) is 3. The molecule has 0 fully saturated rings. The number of hydrogen-bond acceptors (Lipinski definition) is 3. The van der Waals surface area contributed by atoms with Gasteiger partial charge in [0.25, 0.3) is 0 Å². The Morgan fingerprint density at radius 1 is 0.469 bits per heavy atom. The zero-order chi connectivity index (χ0) is 25.2. The predicted molar refractivity (Wildman–Crippen MR) is 141 cm³/mol. The van der Waals surface area contributed by atoms with Crippen molar-refractivity contribution in [3.8, 4) is 0 Å². The van der Waals surface area contributed by atoms with Crippen LogP contribution in [0.1, 0.15) is 105 Å². The molecule has 0 aliphatic heterocycles. The molecule has 0 bridgehead atoms. The van der Waals surface area contributed by atoms with Gasteiger partial charge in [-0.3, -0.25) is 0 Å². The third-order valence-corrected chi connectivity index (χ3v) is 8.78. The molecule has 2 aromatic rings. The molecule has 0 aliphatic carbocycles. The summed E-state index contributed by atoms with van der Waals surface area (Å²) in [6, 6.07) is 11.3. The Labute approximate surface area is 196 Å². The summed E-state index contributed by atoms with van der Waals surface area (Å²) in [5, 5.41) is 0.455. The molecule has 32 heavy (non-hydrogen) atoms. The van der Waals surface area contributed by atoms with Gasteiger partial charge in [0.2, 0.25) is 0 Å². The van der Waals surface area contributed by atoms with Crippen LogP contribution < -0.4 is 10.6 Å². The van der Waals surface area contributed by atoms with Gasteiger partial charge >= 0.3 is 196 Å². The van der Waals surface area contributed by atoms with Gasteiger partial charge in [0.15, 0.2) is 0 Å². The first-order chi connectivity index (χ1) is 13.9. The summed E-state index contributed by atoms with van der Waals surface area (Å²) >= 11 is 0. The summed E-state index contributed by atoms with van der Waals surface area (Å²) < 4.78 is 0. The minimum absolute atomic E-state index is 0.0970. The third kappa shape index (κ3) is 5.28. The van der Waals surface area contributed by atoms with Gasteiger partial charge in [-0.25, -0.2) is 0 Å². The van der Waals surface area contributed by atoms with Gasteiger partial charge in [0, 0.05) is 0 Å². The first-order valence-electron chi connectivity index (χ1n) is 11.5. The van der Waals surface area contributed by atoms with E-state index < -0.39 is 7.28 Å². The second-order valence-corrected chi connectivity index (χ2v) is 16.4. The fraction of sp³-hybridized carbons (Fsp3) is 0.571. The van der Waals surface area contributed by atoms with Crippen LogP contribution in [-0.2, 0) is 21.7 Å². The fourth-order valence-corrected chi connectivity index (χ4v) is 6.70. The molecule has 0 aromatic heterocycles. The predicted octanol–water partition coefficient (Wildman–Crippen LogP) is 6.10. The summed E-state index contributed by atoms with van der Waals surface area (Å²) in [6.07, 6.45) is 0. The molecule has 180 valence electrons. The number of benzene rings is 2. The van der Waals surface area contributed by atoms with E-state index in [1.807, 2.05) is 65.8 Å². The van der Waals surface area contributed by atoms with Crippen molar-refractivity contribution in [1.29, 1.82) is 0 Å². The molecule has 2 aromatic carbocycles. The third-order valence-electron chi connectivity index (χ3n) is 6.23. The summed E-state index contributed by atoms with van der Waals surface area (Å²) in [5.41, 5.74) is 2.74. The van der Waals surface area contributed by atoms with Gasteiger partial charge in [0.05, 0.1) is 0 Å². The normalized spacial score (nSPS) is 15.4. The van der Waals surface area contributed by atoms with Crippen molar-refractivity contribution in [3.05, 3.63) is 58.7 Å². The van der Waals surface area contributed by atoms with E-state index >= 15 is 0 Å². The molecule has 0 radical (unpaired) electrons. The monoisotopic (exact) mass is 460 g/mol. The van der Waals surface area contributed by atoms with Crippen LogP contribution in [0.2, 0.25) is 0 Å². The second kappa shape index (κ2) is 7.64. The zero-order valence-electron chi connectivity index (χ0n) is 22.3. The van der Waals surface area contributed by atoms with E-state index in [9.17, 15) is 14.7 Å². The topological polar surface area (TPSA) is 60.7 Å². The van der Waals surface area contributed by atoms with Crippen molar-refractivity contribution in [1.82, 2.24) is 0 Å². The Kier molecular flexibility index (Phi) is 6.44. The number of rotatable bonds is 2. The van der Waals surface area contributed by atoms with E-state index in [0.29, 0.717) is 0 Å². The van der Waals surface area contributed by atoms with Crippen LogP contribution in [0.3, 0.4) is 0 Å². The van der Waals surface area contributed by atoms with Gasteiger partial charge in [-0.1, -0.05) is 0 Å². The molecule has 0 saturated heterocycles. The van der Waals surface area contributed by atoms with Crippen molar-refractivity contribution < 1.29 is 14.7 Å². The summed E-state index contributed by atoms with van der Waals surface area (Å²) in [7, 11) is -5.43. The van der Waals surface area contributed by atoms with Gasteiger partial charge in [0.1, 0.15) is 0 Å². The van der Waals surface area contributed by atoms with Crippen LogP contribution in [-0.4, -0.2) is 14.7 Å². The standard InChI is InChI=1S/C28H45O3P/c1-25(2,3)19-13-15-23(21(17-19)27(7,8)9)32(29,30,31)24-16-14-20(26(4,5)6)18-22(24)28(10,11)12/h13-18,29-31H,1-12H3. The van der Waals surface area contributed by atoms with Crippen molar-refractivity contribution in [3.63, 3.8) is 0 Å². The van der Waals surface area contributed by atoms with E-state index in [4.69, 9.17) is 0 Å². The Bertz CT molecular complexity index is 919. The van der Waals surface area contributed by atoms with Crippen LogP contribution >= 0.6 is 7.28 Å². The molecule has 0 spiro atoms. The van der Waals surface area contributed by atoms with Crippen molar-refractivity contribution in [2.75, 3.05) is 0 Å². The van der Waals surface area contributed by atoms with Crippen LogP contribution in [0.15, 0.2) is 36.4 Å². The first kappa shape index (κ1) is 27.0. The SMILES string of the molecule is CC(C)(C)c1ccc(P(O)(O)(O)c2ccc(C(C)(C)C)cc2C(C)(C)C)c(C(C)(C)C)c1. The molecule has 0 amide bonds. The zero-order valence-corrected chi connectivity index (χ0v) is 23.1. The molecule has 0 aliphatic rings. The van der Waals surface area contributed by atoms with Crippen LogP contribution in [0.4, 0.5) is 0 Å². The van der Waals surface area contributed by atoms with Crippen LogP contribution in [0, 0.1) is 0 Å². The van der Waals surface area contributed by atoms with E-state index in [1.165, 1.54) is 0 Å². The average Bonchev–Trinajstić information content (AvgIpc) is 2.57. The van der Waals surface area contributed by atoms with Gasteiger partial charge < -0.3 is 0 Å². The van der Waals surface area contributed by atoms with E-state index in [0.717, 1.165) is 22.3 Å². The molecule has 0 atom stereocenters. The van der Waals surface area contributed by atoms with Crippen molar-refractivity contribution in [2.24, 2.45) is 0 Å². The molecular formula is C28H45O3P. The van der Waals surface area contributed by atoms with E-state index in [1.54, 1.807) is 12.1 Å². The second-order valence-electron chi connectivity index (χ2n) is 13.4. The van der Waals surface area contributed by atoms with Gasteiger partial charge in [-0.05, 0) is 0 Å². The summed E-state index contributed by atoms with van der Waals surface area (Å²) in [5.74, 6) is 0. The maximum absolute atomic E-state index is 11.8. The molecule has 4 heteroatoms. The molecule has 0 heterocycles. The van der Waals surface area contributed by atoms with Gasteiger partial charge in [-0.15, -0.1) is 0 Å². The van der Waals surface area contributed by atoms with Crippen molar-refractivity contribution in [2.45, 2.75) is 105 Å². The summed E-state index contributed by atoms with van der Waals surface area (Å²) in [4.78, 5) is 35.5. The Morgan fingerprint density at radius 3 is 0.969 bits per heavy atom. The Morgan fingerprint density at radius 2 is 0.750 bits per heavy atom. The molecule has 0 saturated carbocycles. The molecule has 3 nitrogen and oxygen atoms in total. The average molecular weight is 461 g/mol. The van der Waals surface area contributed by atoms with E-state index in [2.05, 4.69) is 41.5 Å². The quantitative estimate of drug-likeness (QED) is 0.474. The maximum atomic E-state index is 11.8. The molecule has 3 N–H and O–H groups in total. The van der Waals surface area contributed by atoms with Crippen molar-refractivity contribution >= 4 is 17.9 Å². The first-order valence-corrected chi connectivity index (χ1v) is 13.6. The fourth-order valence-electron chi connectivity index (χ4n) is 4.05. The Balaban J connectivity index is 2.95. The molecule has 0 unspecified atom stereocenters. The van der Waals surface area contributed by atoms with E-state index in [-0.39, 0.29) is 32.3 Å². The van der Waals surface area contributed by atoms with Crippen LogP contribution in [0.5, 0.6) is 0 Å².